The predicted octanol–water partition coefficient (Wildman–Crippen LogP) is 2.92. The molecule has 0 aliphatic rings. The van der Waals surface area contributed by atoms with Crippen LogP contribution in [0.3, 0.4) is 0 Å². The van der Waals surface area contributed by atoms with Crippen molar-refractivity contribution in [2.24, 2.45) is 5.73 Å². The van der Waals surface area contributed by atoms with E-state index in [9.17, 15) is 18.0 Å². The second-order valence-electron chi connectivity index (χ2n) is 3.62. The summed E-state index contributed by atoms with van der Waals surface area (Å²) in [5.74, 6) is -0.543. The van der Waals surface area contributed by atoms with Crippen molar-refractivity contribution >= 4 is 17.6 Å². The van der Waals surface area contributed by atoms with E-state index in [0.717, 1.165) is 12.1 Å². The molecule has 0 aliphatic carbocycles. The molecule has 7 heteroatoms. The molecule has 1 aromatic rings. The molecule has 0 heterocycles. The van der Waals surface area contributed by atoms with Crippen molar-refractivity contribution in [2.75, 3.05) is 7.11 Å². The minimum Gasteiger partial charge on any atom is -0.469 e. The highest BCUT2D eigenvalue weighted by Gasteiger charge is 2.33. The van der Waals surface area contributed by atoms with Crippen LogP contribution >= 0.6 is 11.6 Å². The molecule has 0 saturated heterocycles. The fourth-order valence-corrected chi connectivity index (χ4v) is 1.67. The Morgan fingerprint density at radius 1 is 1.50 bits per heavy atom. The number of hydrogen-bond donors (Lipinski definition) is 1. The Labute approximate surface area is 107 Å². The fourth-order valence-electron chi connectivity index (χ4n) is 1.37. The van der Waals surface area contributed by atoms with Crippen LogP contribution in [-0.4, -0.2) is 13.1 Å². The van der Waals surface area contributed by atoms with E-state index in [-0.39, 0.29) is 6.42 Å². The average molecular weight is 282 g/mol. The molecule has 0 aliphatic heterocycles. The topological polar surface area (TPSA) is 52.3 Å². The van der Waals surface area contributed by atoms with Gasteiger partial charge in [0, 0.05) is 6.04 Å². The highest BCUT2D eigenvalue weighted by molar-refractivity contribution is 6.31. The summed E-state index contributed by atoms with van der Waals surface area (Å²) in [5, 5.41) is -0.444. The first kappa shape index (κ1) is 14.8. The minimum absolute atomic E-state index is 0.127. The van der Waals surface area contributed by atoms with Gasteiger partial charge in [0.25, 0.3) is 0 Å². The van der Waals surface area contributed by atoms with Gasteiger partial charge in [0.15, 0.2) is 0 Å². The summed E-state index contributed by atoms with van der Waals surface area (Å²) < 4.78 is 41.8. The molecule has 3 nitrogen and oxygen atoms in total. The van der Waals surface area contributed by atoms with Gasteiger partial charge >= 0.3 is 12.1 Å². The van der Waals surface area contributed by atoms with E-state index in [1.54, 1.807) is 0 Å². The lowest BCUT2D eigenvalue weighted by atomic mass is 10.0. The van der Waals surface area contributed by atoms with E-state index in [0.29, 0.717) is 5.56 Å². The molecule has 1 aromatic carbocycles. The van der Waals surface area contributed by atoms with Crippen molar-refractivity contribution in [3.05, 3.63) is 34.3 Å². The Kier molecular flexibility index (Phi) is 4.59. The van der Waals surface area contributed by atoms with Gasteiger partial charge in [-0.25, -0.2) is 0 Å². The third kappa shape index (κ3) is 3.61. The molecule has 0 spiro atoms. The van der Waals surface area contributed by atoms with Gasteiger partial charge in [0.2, 0.25) is 0 Å². The van der Waals surface area contributed by atoms with Crippen LogP contribution in [0.25, 0.3) is 0 Å². The first-order valence-corrected chi connectivity index (χ1v) is 5.32. The molecule has 0 fully saturated rings. The first-order valence-electron chi connectivity index (χ1n) is 4.94. The van der Waals surface area contributed by atoms with Crippen LogP contribution in [0.15, 0.2) is 18.2 Å². The first-order chi connectivity index (χ1) is 8.25. The number of methoxy groups -OCH3 is 1. The van der Waals surface area contributed by atoms with Crippen molar-refractivity contribution in [1.29, 1.82) is 0 Å². The zero-order valence-electron chi connectivity index (χ0n) is 9.42. The lowest BCUT2D eigenvalue weighted by molar-refractivity contribution is -0.141. The lowest BCUT2D eigenvalue weighted by Crippen LogP contribution is -2.17. The lowest BCUT2D eigenvalue weighted by Gasteiger charge is -2.14. The summed E-state index contributed by atoms with van der Waals surface area (Å²) >= 11 is 5.54. The van der Waals surface area contributed by atoms with E-state index >= 15 is 0 Å². The Bertz CT molecular complexity index is 448. The maximum absolute atomic E-state index is 12.5. The van der Waals surface area contributed by atoms with Gasteiger partial charge in [-0.1, -0.05) is 17.7 Å². The van der Waals surface area contributed by atoms with Crippen molar-refractivity contribution in [1.82, 2.24) is 0 Å². The van der Waals surface area contributed by atoms with Crippen LogP contribution in [0.4, 0.5) is 13.2 Å². The number of carbonyl (C=O) groups is 1. The number of ether oxygens (including phenoxy) is 1. The average Bonchev–Trinajstić information content (AvgIpc) is 2.26. The third-order valence-corrected chi connectivity index (χ3v) is 2.65. The molecule has 0 bridgehead atoms. The van der Waals surface area contributed by atoms with Crippen LogP contribution in [0.2, 0.25) is 5.02 Å². The van der Waals surface area contributed by atoms with Gasteiger partial charge in [0.1, 0.15) is 0 Å². The highest BCUT2D eigenvalue weighted by Crippen LogP contribution is 2.35. The predicted molar refractivity (Wildman–Crippen MR) is 60.0 cm³/mol. The number of benzene rings is 1. The number of esters is 1. The van der Waals surface area contributed by atoms with Gasteiger partial charge in [-0.15, -0.1) is 0 Å². The monoisotopic (exact) mass is 281 g/mol. The summed E-state index contributed by atoms with van der Waals surface area (Å²) in [6, 6.07) is 2.40. The summed E-state index contributed by atoms with van der Waals surface area (Å²) in [4.78, 5) is 11.0. The van der Waals surface area contributed by atoms with Crippen LogP contribution in [0.5, 0.6) is 0 Å². The normalized spacial score (nSPS) is 13.2. The van der Waals surface area contributed by atoms with Crippen molar-refractivity contribution in [3.8, 4) is 0 Å². The van der Waals surface area contributed by atoms with Crippen LogP contribution in [0.1, 0.15) is 23.6 Å². The Balaban J connectivity index is 2.94. The van der Waals surface area contributed by atoms with E-state index in [4.69, 9.17) is 17.3 Å². The van der Waals surface area contributed by atoms with Crippen molar-refractivity contribution < 1.29 is 22.7 Å². The van der Waals surface area contributed by atoms with Crippen LogP contribution < -0.4 is 5.73 Å². The summed E-state index contributed by atoms with van der Waals surface area (Å²) in [6.07, 6.45) is -4.64. The Hall–Kier alpha value is -1.27. The zero-order chi connectivity index (χ0) is 13.9. The van der Waals surface area contributed by atoms with E-state index < -0.39 is 28.8 Å². The molecule has 18 heavy (non-hydrogen) atoms. The van der Waals surface area contributed by atoms with Crippen molar-refractivity contribution in [3.63, 3.8) is 0 Å². The van der Waals surface area contributed by atoms with Crippen molar-refractivity contribution in [2.45, 2.75) is 18.6 Å². The van der Waals surface area contributed by atoms with Gasteiger partial charge in [-0.3, -0.25) is 4.79 Å². The molecule has 2 N–H and O–H groups in total. The minimum atomic E-state index is -4.51. The Morgan fingerprint density at radius 3 is 2.56 bits per heavy atom. The van der Waals surface area contributed by atoms with Crippen LogP contribution in [-0.2, 0) is 15.7 Å². The quantitative estimate of drug-likeness (QED) is 0.867. The standard InChI is InChI=1S/C11H11ClF3NO2/c1-18-10(17)5-9(16)6-2-3-7(8(12)4-6)11(13,14)15/h2-4,9H,5,16H2,1H3/t9-/m1/s1. The SMILES string of the molecule is COC(=O)C[C@@H](N)c1ccc(C(F)(F)F)c(Cl)c1. The summed E-state index contributed by atoms with van der Waals surface area (Å²) in [7, 11) is 1.20. The Morgan fingerprint density at radius 2 is 2.11 bits per heavy atom. The highest BCUT2D eigenvalue weighted by atomic mass is 35.5. The largest absolute Gasteiger partial charge is 0.469 e. The molecule has 1 rings (SSSR count). The number of nitrogens with two attached hydrogens (primary N) is 1. The summed E-state index contributed by atoms with van der Waals surface area (Å²) in [6.45, 7) is 0. The van der Waals surface area contributed by atoms with E-state index in [1.165, 1.54) is 13.2 Å². The van der Waals surface area contributed by atoms with E-state index in [2.05, 4.69) is 4.74 Å². The molecule has 0 aromatic heterocycles. The molecular weight excluding hydrogens is 271 g/mol. The molecular formula is C11H11ClF3NO2. The number of hydrogen-bond acceptors (Lipinski definition) is 3. The van der Waals surface area contributed by atoms with Gasteiger partial charge in [0.05, 0.1) is 24.1 Å². The number of carbonyl (C=O) groups excluding carboxylic acids is 1. The smallest absolute Gasteiger partial charge is 0.417 e. The van der Waals surface area contributed by atoms with Gasteiger partial charge < -0.3 is 10.5 Å². The number of alkyl halides is 3. The summed E-state index contributed by atoms with van der Waals surface area (Å²) in [5.41, 5.74) is 5.07. The third-order valence-electron chi connectivity index (χ3n) is 2.34. The molecule has 100 valence electrons. The van der Waals surface area contributed by atoms with Crippen LogP contribution in [0, 0.1) is 0 Å². The molecule has 0 radical (unpaired) electrons. The molecule has 0 unspecified atom stereocenters. The molecule has 0 amide bonds. The second kappa shape index (κ2) is 5.58. The van der Waals surface area contributed by atoms with Gasteiger partial charge in [-0.2, -0.15) is 13.2 Å². The number of rotatable bonds is 3. The molecule has 0 saturated carbocycles. The zero-order valence-corrected chi connectivity index (χ0v) is 10.2. The fraction of sp³-hybridized carbons (Fsp3) is 0.364. The maximum Gasteiger partial charge on any atom is 0.417 e. The molecule has 1 atom stereocenters. The second-order valence-corrected chi connectivity index (χ2v) is 4.03. The van der Waals surface area contributed by atoms with Gasteiger partial charge in [-0.05, 0) is 17.7 Å². The van der Waals surface area contributed by atoms with E-state index in [1.807, 2.05) is 0 Å². The maximum atomic E-state index is 12.5. The number of halogens is 4.